The van der Waals surface area contributed by atoms with Crippen LogP contribution >= 0.6 is 0 Å². The number of hydrogen-bond acceptors (Lipinski definition) is 2. The summed E-state index contributed by atoms with van der Waals surface area (Å²) >= 11 is 0. The van der Waals surface area contributed by atoms with Crippen LogP contribution in [-0.4, -0.2) is 18.0 Å². The fraction of sp³-hybridized carbons (Fsp3) is 0.938. The smallest absolute Gasteiger partial charge is 0.223 e. The number of hydrogen-bond donors (Lipinski definition) is 2. The maximum Gasteiger partial charge on any atom is 0.223 e. The van der Waals surface area contributed by atoms with Gasteiger partial charge in [0, 0.05) is 28.8 Å². The molecule has 0 radical (unpaired) electrons. The van der Waals surface area contributed by atoms with E-state index >= 15 is 0 Å². The molecule has 19 heavy (non-hydrogen) atoms. The number of nitrogens with two attached hydrogens (primary N) is 1. The molecule has 0 heterocycles. The summed E-state index contributed by atoms with van der Waals surface area (Å²) in [5.41, 5.74) is 6.28. The van der Waals surface area contributed by atoms with Gasteiger partial charge in [-0.15, -0.1) is 0 Å². The minimum absolute atomic E-state index is 0.0131. The van der Waals surface area contributed by atoms with Crippen LogP contribution in [0.25, 0.3) is 0 Å². The largest absolute Gasteiger partial charge is 0.352 e. The highest BCUT2D eigenvalue weighted by Crippen LogP contribution is 2.57. The lowest BCUT2D eigenvalue weighted by Crippen LogP contribution is -2.76. The fourth-order valence-corrected chi connectivity index (χ4v) is 5.17. The van der Waals surface area contributed by atoms with Gasteiger partial charge in [-0.3, -0.25) is 4.79 Å². The Balaban J connectivity index is 1.64. The number of carbonyl (C=O) groups excluding carboxylic acids is 1. The molecule has 3 heteroatoms. The van der Waals surface area contributed by atoms with Gasteiger partial charge in [0.25, 0.3) is 0 Å². The van der Waals surface area contributed by atoms with Crippen molar-refractivity contribution in [2.45, 2.75) is 65.5 Å². The fourth-order valence-electron chi connectivity index (χ4n) is 5.17. The maximum absolute atomic E-state index is 12.5. The van der Waals surface area contributed by atoms with E-state index in [1.54, 1.807) is 0 Å². The molecule has 2 atom stereocenters. The normalized spacial score (nSPS) is 45.8. The van der Waals surface area contributed by atoms with Crippen LogP contribution in [0.3, 0.4) is 0 Å². The molecule has 0 bridgehead atoms. The van der Waals surface area contributed by atoms with Crippen LogP contribution in [0.15, 0.2) is 0 Å². The average molecular weight is 264 g/mol. The van der Waals surface area contributed by atoms with Crippen LogP contribution in [0.4, 0.5) is 0 Å². The van der Waals surface area contributed by atoms with Gasteiger partial charge in [-0.05, 0) is 24.7 Å². The number of amides is 1. The van der Waals surface area contributed by atoms with Crippen LogP contribution in [0.1, 0.15) is 53.4 Å². The van der Waals surface area contributed by atoms with Crippen LogP contribution in [0, 0.1) is 28.6 Å². The van der Waals surface area contributed by atoms with Crippen molar-refractivity contribution in [3.8, 4) is 0 Å². The van der Waals surface area contributed by atoms with Gasteiger partial charge in [0.1, 0.15) is 0 Å². The Labute approximate surface area is 116 Å². The molecule has 1 amide bonds. The predicted molar refractivity (Wildman–Crippen MR) is 76.4 cm³/mol. The van der Waals surface area contributed by atoms with Crippen molar-refractivity contribution in [3.05, 3.63) is 0 Å². The quantitative estimate of drug-likeness (QED) is 0.804. The van der Waals surface area contributed by atoms with Gasteiger partial charge in [-0.2, -0.15) is 0 Å². The minimum Gasteiger partial charge on any atom is -0.352 e. The van der Waals surface area contributed by atoms with Crippen molar-refractivity contribution < 1.29 is 4.79 Å². The second-order valence-corrected chi connectivity index (χ2v) is 8.20. The maximum atomic E-state index is 12.5. The summed E-state index contributed by atoms with van der Waals surface area (Å²) in [4.78, 5) is 12.5. The molecule has 108 valence electrons. The van der Waals surface area contributed by atoms with Crippen molar-refractivity contribution in [1.82, 2.24) is 5.32 Å². The summed E-state index contributed by atoms with van der Waals surface area (Å²) in [6, 6.07) is 0.372. The molecule has 3 nitrogen and oxygen atoms in total. The minimum atomic E-state index is 0.0131. The molecule has 2 unspecified atom stereocenters. The van der Waals surface area contributed by atoms with Crippen LogP contribution in [0.5, 0.6) is 0 Å². The SMILES string of the molecule is CC1(C)C(N)C(C)(C)C1NC(=O)C1C2CCCCC21. The van der Waals surface area contributed by atoms with Gasteiger partial charge >= 0.3 is 0 Å². The van der Waals surface area contributed by atoms with E-state index in [0.29, 0.717) is 23.7 Å². The highest BCUT2D eigenvalue weighted by Gasteiger charge is 2.62. The first-order chi connectivity index (χ1) is 8.78. The van der Waals surface area contributed by atoms with Gasteiger partial charge in [-0.25, -0.2) is 0 Å². The summed E-state index contributed by atoms with van der Waals surface area (Å²) in [6.07, 6.45) is 5.16. The second kappa shape index (κ2) is 3.97. The number of carbonyl (C=O) groups is 1. The molecule has 3 aliphatic rings. The van der Waals surface area contributed by atoms with E-state index in [9.17, 15) is 4.79 Å². The number of fused-ring (bicyclic) bond motifs is 1. The van der Waals surface area contributed by atoms with Crippen molar-refractivity contribution in [2.75, 3.05) is 0 Å². The van der Waals surface area contributed by atoms with Crippen molar-refractivity contribution in [3.63, 3.8) is 0 Å². The molecule has 0 aliphatic heterocycles. The topological polar surface area (TPSA) is 55.1 Å². The molecule has 3 N–H and O–H groups in total. The Morgan fingerprint density at radius 3 is 2.00 bits per heavy atom. The van der Waals surface area contributed by atoms with Crippen LogP contribution < -0.4 is 11.1 Å². The van der Waals surface area contributed by atoms with Crippen molar-refractivity contribution in [1.29, 1.82) is 0 Å². The summed E-state index contributed by atoms with van der Waals surface area (Å²) in [6.45, 7) is 8.70. The third kappa shape index (κ3) is 1.77. The van der Waals surface area contributed by atoms with Crippen molar-refractivity contribution in [2.24, 2.45) is 34.3 Å². The first kappa shape index (κ1) is 13.4. The lowest BCUT2D eigenvalue weighted by Gasteiger charge is -2.63. The molecular weight excluding hydrogens is 236 g/mol. The summed E-state index contributed by atoms with van der Waals surface area (Å²) in [5.74, 6) is 1.99. The molecule has 0 aromatic carbocycles. The highest BCUT2D eigenvalue weighted by molar-refractivity contribution is 5.83. The van der Waals surface area contributed by atoms with Gasteiger partial charge < -0.3 is 11.1 Å². The third-order valence-corrected chi connectivity index (χ3v) is 6.34. The zero-order valence-corrected chi connectivity index (χ0v) is 12.7. The van der Waals surface area contributed by atoms with E-state index in [1.807, 2.05) is 0 Å². The Morgan fingerprint density at radius 2 is 1.53 bits per heavy atom. The van der Waals surface area contributed by atoms with E-state index in [-0.39, 0.29) is 22.9 Å². The molecule has 0 saturated heterocycles. The van der Waals surface area contributed by atoms with Crippen molar-refractivity contribution >= 4 is 5.91 Å². The monoisotopic (exact) mass is 264 g/mol. The van der Waals surface area contributed by atoms with Crippen LogP contribution in [-0.2, 0) is 4.79 Å². The van der Waals surface area contributed by atoms with Gasteiger partial charge in [-0.1, -0.05) is 40.5 Å². The number of rotatable bonds is 2. The number of nitrogens with one attached hydrogen (secondary N) is 1. The highest BCUT2D eigenvalue weighted by atomic mass is 16.2. The zero-order valence-electron chi connectivity index (χ0n) is 12.7. The average Bonchev–Trinajstić information content (AvgIpc) is 3.08. The summed E-state index contributed by atoms with van der Waals surface area (Å²) in [5, 5.41) is 3.33. The molecule has 3 fully saturated rings. The second-order valence-electron chi connectivity index (χ2n) is 8.20. The van der Waals surface area contributed by atoms with E-state index in [4.69, 9.17) is 5.73 Å². The third-order valence-electron chi connectivity index (χ3n) is 6.34. The summed E-state index contributed by atoms with van der Waals surface area (Å²) < 4.78 is 0. The van der Waals surface area contributed by atoms with E-state index in [2.05, 4.69) is 33.0 Å². The zero-order chi connectivity index (χ0) is 14.0. The first-order valence-electron chi connectivity index (χ1n) is 7.84. The molecule has 3 saturated carbocycles. The summed E-state index contributed by atoms with van der Waals surface area (Å²) in [7, 11) is 0. The molecule has 3 aliphatic carbocycles. The van der Waals surface area contributed by atoms with E-state index in [0.717, 1.165) is 0 Å². The van der Waals surface area contributed by atoms with Gasteiger partial charge in [0.05, 0.1) is 0 Å². The Hall–Kier alpha value is -0.570. The molecule has 0 aromatic heterocycles. The Morgan fingerprint density at radius 1 is 1.05 bits per heavy atom. The van der Waals surface area contributed by atoms with Crippen LogP contribution in [0.2, 0.25) is 0 Å². The standard InChI is InChI=1S/C16H28N2O/c1-15(2)13(17)16(3,4)14(15)18-12(19)11-9-7-5-6-8-10(9)11/h9-11,13-14H,5-8,17H2,1-4H3,(H,18,19). The van der Waals surface area contributed by atoms with E-state index < -0.39 is 0 Å². The molecule has 0 aromatic rings. The molecule has 0 spiro atoms. The molecule has 3 rings (SSSR count). The van der Waals surface area contributed by atoms with Gasteiger partial charge in [0.2, 0.25) is 5.91 Å². The lowest BCUT2D eigenvalue weighted by molar-refractivity contribution is -0.134. The predicted octanol–water partition coefficient (Wildman–Crippen LogP) is 2.30. The van der Waals surface area contributed by atoms with E-state index in [1.165, 1.54) is 25.7 Å². The first-order valence-corrected chi connectivity index (χ1v) is 7.84. The molecular formula is C16H28N2O. The lowest BCUT2D eigenvalue weighted by atomic mass is 9.48. The Bertz CT molecular complexity index is 374. The van der Waals surface area contributed by atoms with Gasteiger partial charge in [0.15, 0.2) is 0 Å². The Kier molecular flexibility index (Phi) is 2.80.